The normalized spacial score (nSPS) is 25.5. The molecule has 1 rings (SSSR count). The monoisotopic (exact) mass is 176 g/mol. The van der Waals surface area contributed by atoms with Crippen LogP contribution in [0.3, 0.4) is 0 Å². The summed E-state index contributed by atoms with van der Waals surface area (Å²) in [5.41, 5.74) is 0. The molecular formula is C7H13ClN2O. The highest BCUT2D eigenvalue weighted by Crippen LogP contribution is 2.05. The third kappa shape index (κ3) is 2.67. The molecular weight excluding hydrogens is 164 g/mol. The molecule has 4 heteroatoms. The topological polar surface area (TPSA) is 32.3 Å². The minimum atomic E-state index is -0.0630. The van der Waals surface area contributed by atoms with Crippen molar-refractivity contribution in [2.24, 2.45) is 0 Å². The summed E-state index contributed by atoms with van der Waals surface area (Å²) >= 11 is 5.34. The highest BCUT2D eigenvalue weighted by Gasteiger charge is 2.20. The van der Waals surface area contributed by atoms with Gasteiger partial charge in [0.1, 0.15) is 5.88 Å². The Balaban J connectivity index is 2.23. The van der Waals surface area contributed by atoms with Gasteiger partial charge in [0.2, 0.25) is 5.91 Å². The summed E-state index contributed by atoms with van der Waals surface area (Å²) < 4.78 is 0. The second-order valence-corrected chi connectivity index (χ2v) is 3.22. The van der Waals surface area contributed by atoms with Gasteiger partial charge < -0.3 is 10.2 Å². The fraction of sp³-hybridized carbons (Fsp3) is 0.857. The lowest BCUT2D eigenvalue weighted by Crippen LogP contribution is -2.37. The molecule has 0 bridgehead atoms. The molecule has 0 aromatic heterocycles. The molecule has 1 aliphatic heterocycles. The number of alkyl halides is 1. The lowest BCUT2D eigenvalue weighted by atomic mass is 10.3. The maximum absolute atomic E-state index is 10.8. The molecule has 1 N–H and O–H groups in total. The van der Waals surface area contributed by atoms with Crippen molar-refractivity contribution in [3.63, 3.8) is 0 Å². The van der Waals surface area contributed by atoms with Crippen LogP contribution in [0.15, 0.2) is 0 Å². The van der Waals surface area contributed by atoms with Gasteiger partial charge in [-0.2, -0.15) is 0 Å². The number of halogens is 1. The Morgan fingerprint density at radius 2 is 2.55 bits per heavy atom. The SMILES string of the molecule is CN1CC[C@@H](NC(=O)CCl)C1. The van der Waals surface area contributed by atoms with Gasteiger partial charge >= 0.3 is 0 Å². The third-order valence-corrected chi connectivity index (χ3v) is 2.12. The molecule has 0 saturated carbocycles. The number of nitrogens with one attached hydrogen (secondary N) is 1. The average Bonchev–Trinajstić information content (AvgIpc) is 2.35. The first-order valence-corrected chi connectivity index (χ1v) is 4.29. The minimum Gasteiger partial charge on any atom is -0.351 e. The molecule has 1 fully saturated rings. The van der Waals surface area contributed by atoms with Crippen LogP contribution in [0.1, 0.15) is 6.42 Å². The van der Waals surface area contributed by atoms with Crippen LogP contribution in [-0.2, 0) is 4.79 Å². The van der Waals surface area contributed by atoms with Crippen LogP contribution < -0.4 is 5.32 Å². The van der Waals surface area contributed by atoms with Gasteiger partial charge in [-0.15, -0.1) is 11.6 Å². The maximum atomic E-state index is 10.8. The Hall–Kier alpha value is -0.280. The van der Waals surface area contributed by atoms with E-state index in [1.807, 2.05) is 7.05 Å². The van der Waals surface area contributed by atoms with E-state index in [0.717, 1.165) is 19.5 Å². The van der Waals surface area contributed by atoms with Gasteiger partial charge in [-0.05, 0) is 20.0 Å². The quantitative estimate of drug-likeness (QED) is 0.603. The van der Waals surface area contributed by atoms with E-state index in [0.29, 0.717) is 6.04 Å². The van der Waals surface area contributed by atoms with Crippen LogP contribution in [0.25, 0.3) is 0 Å². The second-order valence-electron chi connectivity index (χ2n) is 2.95. The molecule has 1 heterocycles. The van der Waals surface area contributed by atoms with E-state index in [-0.39, 0.29) is 11.8 Å². The van der Waals surface area contributed by atoms with Gasteiger partial charge in [0.05, 0.1) is 0 Å². The Labute approximate surface area is 71.7 Å². The predicted molar refractivity (Wildman–Crippen MR) is 44.8 cm³/mol. The average molecular weight is 177 g/mol. The number of likely N-dealkylation sites (tertiary alicyclic amines) is 1. The predicted octanol–water partition coefficient (Wildman–Crippen LogP) is 0.0455. The number of carbonyl (C=O) groups is 1. The molecule has 0 aliphatic carbocycles. The Morgan fingerprint density at radius 3 is 3.00 bits per heavy atom. The smallest absolute Gasteiger partial charge is 0.235 e. The Bertz CT molecular complexity index is 151. The van der Waals surface area contributed by atoms with Gasteiger partial charge in [0.25, 0.3) is 0 Å². The lowest BCUT2D eigenvalue weighted by Gasteiger charge is -2.10. The Morgan fingerprint density at radius 1 is 1.82 bits per heavy atom. The second kappa shape index (κ2) is 3.93. The molecule has 3 nitrogen and oxygen atoms in total. The van der Waals surface area contributed by atoms with Crippen LogP contribution >= 0.6 is 11.6 Å². The van der Waals surface area contributed by atoms with Crippen molar-refractivity contribution in [2.45, 2.75) is 12.5 Å². The molecule has 1 amide bonds. The molecule has 1 atom stereocenters. The summed E-state index contributed by atoms with van der Waals surface area (Å²) in [5.74, 6) is 0.00666. The summed E-state index contributed by atoms with van der Waals surface area (Å²) in [6, 6.07) is 0.311. The van der Waals surface area contributed by atoms with Crippen molar-refractivity contribution in [2.75, 3.05) is 26.0 Å². The molecule has 0 aromatic rings. The number of nitrogens with zero attached hydrogens (tertiary/aromatic N) is 1. The van der Waals surface area contributed by atoms with Crippen molar-refractivity contribution in [1.29, 1.82) is 0 Å². The van der Waals surface area contributed by atoms with Gasteiger partial charge in [0.15, 0.2) is 0 Å². The van der Waals surface area contributed by atoms with Gasteiger partial charge in [0, 0.05) is 12.6 Å². The summed E-state index contributed by atoms with van der Waals surface area (Å²) in [5, 5.41) is 2.85. The standard InChI is InChI=1S/C7H13ClN2O/c1-10-3-2-6(5-10)9-7(11)4-8/h6H,2-5H2,1H3,(H,9,11)/t6-/m1/s1. The van der Waals surface area contributed by atoms with E-state index in [2.05, 4.69) is 10.2 Å². The summed E-state index contributed by atoms with van der Waals surface area (Å²) in [7, 11) is 2.05. The van der Waals surface area contributed by atoms with Gasteiger partial charge in [-0.25, -0.2) is 0 Å². The summed E-state index contributed by atoms with van der Waals surface area (Å²) in [4.78, 5) is 13.0. The first kappa shape index (κ1) is 8.81. The third-order valence-electron chi connectivity index (χ3n) is 1.88. The van der Waals surface area contributed by atoms with Crippen LogP contribution in [0, 0.1) is 0 Å². The number of hydrogen-bond acceptors (Lipinski definition) is 2. The van der Waals surface area contributed by atoms with Crippen LogP contribution in [-0.4, -0.2) is 42.9 Å². The fourth-order valence-corrected chi connectivity index (χ4v) is 1.40. The van der Waals surface area contributed by atoms with E-state index in [9.17, 15) is 4.79 Å². The highest BCUT2D eigenvalue weighted by molar-refractivity contribution is 6.27. The molecule has 11 heavy (non-hydrogen) atoms. The zero-order valence-electron chi connectivity index (χ0n) is 6.64. The number of likely N-dealkylation sites (N-methyl/N-ethyl adjacent to an activating group) is 1. The highest BCUT2D eigenvalue weighted by atomic mass is 35.5. The molecule has 0 radical (unpaired) electrons. The van der Waals surface area contributed by atoms with E-state index >= 15 is 0 Å². The van der Waals surface area contributed by atoms with Crippen molar-refractivity contribution >= 4 is 17.5 Å². The van der Waals surface area contributed by atoms with Crippen molar-refractivity contribution < 1.29 is 4.79 Å². The molecule has 1 aliphatic rings. The van der Waals surface area contributed by atoms with E-state index in [4.69, 9.17) is 11.6 Å². The van der Waals surface area contributed by atoms with Crippen LogP contribution in [0.5, 0.6) is 0 Å². The van der Waals surface area contributed by atoms with E-state index < -0.39 is 0 Å². The zero-order valence-corrected chi connectivity index (χ0v) is 7.40. The molecule has 0 spiro atoms. The first-order valence-electron chi connectivity index (χ1n) is 3.76. The largest absolute Gasteiger partial charge is 0.351 e. The fourth-order valence-electron chi connectivity index (χ4n) is 1.32. The number of amides is 1. The number of carbonyl (C=O) groups excluding carboxylic acids is 1. The minimum absolute atomic E-state index is 0.0630. The Kier molecular flexibility index (Phi) is 3.15. The van der Waals surface area contributed by atoms with Crippen molar-refractivity contribution in [3.8, 4) is 0 Å². The van der Waals surface area contributed by atoms with Crippen molar-refractivity contribution in [1.82, 2.24) is 10.2 Å². The number of rotatable bonds is 2. The van der Waals surface area contributed by atoms with Gasteiger partial charge in [-0.3, -0.25) is 4.79 Å². The summed E-state index contributed by atoms with van der Waals surface area (Å²) in [6.07, 6.45) is 1.04. The molecule has 0 aromatic carbocycles. The maximum Gasteiger partial charge on any atom is 0.235 e. The van der Waals surface area contributed by atoms with Crippen LogP contribution in [0.2, 0.25) is 0 Å². The lowest BCUT2D eigenvalue weighted by molar-refractivity contribution is -0.119. The van der Waals surface area contributed by atoms with Gasteiger partial charge in [-0.1, -0.05) is 0 Å². The van der Waals surface area contributed by atoms with E-state index in [1.165, 1.54) is 0 Å². The first-order chi connectivity index (χ1) is 5.22. The van der Waals surface area contributed by atoms with Crippen LogP contribution in [0.4, 0.5) is 0 Å². The zero-order chi connectivity index (χ0) is 8.27. The summed E-state index contributed by atoms with van der Waals surface area (Å²) in [6.45, 7) is 2.01. The molecule has 0 unspecified atom stereocenters. The molecule has 1 saturated heterocycles. The van der Waals surface area contributed by atoms with E-state index in [1.54, 1.807) is 0 Å². The molecule has 64 valence electrons. The van der Waals surface area contributed by atoms with Crippen molar-refractivity contribution in [3.05, 3.63) is 0 Å². The number of hydrogen-bond donors (Lipinski definition) is 1.